The molecule has 0 spiro atoms. The van der Waals surface area contributed by atoms with Crippen molar-refractivity contribution >= 4 is 5.91 Å². The van der Waals surface area contributed by atoms with E-state index in [0.29, 0.717) is 11.3 Å². The Kier molecular flexibility index (Phi) is 7.52. The minimum Gasteiger partial charge on any atom is -0.507 e. The van der Waals surface area contributed by atoms with Crippen LogP contribution >= 0.6 is 0 Å². The van der Waals surface area contributed by atoms with Crippen LogP contribution in [0.5, 0.6) is 17.2 Å². The average molecular weight is 451 g/mol. The molecular weight excluding hydrogens is 425 g/mol. The number of phenolic OH excluding ortho intramolecular Hbond substituents is 1. The molecular formula is C22H26FNO8. The lowest BCUT2D eigenvalue weighted by Crippen LogP contribution is -2.58. The Balaban J connectivity index is 1.80. The van der Waals surface area contributed by atoms with Crippen LogP contribution in [-0.4, -0.2) is 70.8 Å². The van der Waals surface area contributed by atoms with Crippen molar-refractivity contribution in [1.29, 1.82) is 0 Å². The van der Waals surface area contributed by atoms with Crippen LogP contribution in [0.15, 0.2) is 36.4 Å². The minimum absolute atomic E-state index is 0.139. The summed E-state index contributed by atoms with van der Waals surface area (Å²) in [5.41, 5.74) is 1.09. The summed E-state index contributed by atoms with van der Waals surface area (Å²) < 4.78 is 29.9. The highest BCUT2D eigenvalue weighted by atomic mass is 19.1. The number of hydrogen-bond donors (Lipinski definition) is 5. The maximum Gasteiger partial charge on any atom is 0.259 e. The predicted molar refractivity (Wildman–Crippen MR) is 110 cm³/mol. The lowest BCUT2D eigenvalue weighted by Gasteiger charge is -2.38. The summed E-state index contributed by atoms with van der Waals surface area (Å²) in [5, 5.41) is 42.4. The molecule has 1 aliphatic rings. The first-order valence-corrected chi connectivity index (χ1v) is 9.93. The fourth-order valence-electron chi connectivity index (χ4n) is 3.33. The van der Waals surface area contributed by atoms with Crippen molar-refractivity contribution in [2.75, 3.05) is 13.7 Å². The maximum absolute atomic E-state index is 14.0. The number of halogens is 1. The third kappa shape index (κ3) is 5.10. The van der Waals surface area contributed by atoms with Gasteiger partial charge in [-0.3, -0.25) is 4.79 Å². The molecule has 0 bridgehead atoms. The van der Waals surface area contributed by atoms with Gasteiger partial charge in [0, 0.05) is 6.54 Å². The van der Waals surface area contributed by atoms with Crippen molar-refractivity contribution in [2.45, 2.75) is 44.2 Å². The zero-order chi connectivity index (χ0) is 23.4. The van der Waals surface area contributed by atoms with Gasteiger partial charge >= 0.3 is 0 Å². The number of aromatic hydroxyl groups is 1. The highest BCUT2D eigenvalue weighted by Gasteiger charge is 2.46. The quantitative estimate of drug-likeness (QED) is 0.417. The van der Waals surface area contributed by atoms with E-state index in [2.05, 4.69) is 5.32 Å². The molecule has 32 heavy (non-hydrogen) atoms. The van der Waals surface area contributed by atoms with Crippen molar-refractivity contribution in [3.63, 3.8) is 0 Å². The molecule has 2 aromatic carbocycles. The Morgan fingerprint density at radius 1 is 1.19 bits per heavy atom. The number of carbonyl (C=O) groups excluding carboxylic acids is 1. The molecule has 10 heteroatoms. The number of ether oxygens (including phenoxy) is 3. The Labute approximate surface area is 184 Å². The normalized spacial score (nSPS) is 25.2. The van der Waals surface area contributed by atoms with Crippen LogP contribution in [0.2, 0.25) is 0 Å². The highest BCUT2D eigenvalue weighted by Crippen LogP contribution is 2.33. The molecule has 1 saturated heterocycles. The standard InChI is InChI=1S/C22H26FNO8/c1-11-7-14(26)17(21(29)24-9-12-3-5-13(30-2)6-4-12)15(8-11)31-22-20(28)19(27)18(23)16(10-25)32-22/h3-8,16,18-20,22,25-28H,9-10H2,1-2H3,(H,24,29). The van der Waals surface area contributed by atoms with Gasteiger partial charge in [-0.2, -0.15) is 0 Å². The van der Waals surface area contributed by atoms with Gasteiger partial charge in [-0.05, 0) is 42.3 Å². The Morgan fingerprint density at radius 2 is 1.88 bits per heavy atom. The first-order chi connectivity index (χ1) is 15.2. The predicted octanol–water partition coefficient (Wildman–Crippen LogP) is 0.795. The van der Waals surface area contributed by atoms with Gasteiger partial charge in [0.2, 0.25) is 6.29 Å². The molecule has 5 atom stereocenters. The molecule has 1 heterocycles. The van der Waals surface area contributed by atoms with Crippen molar-refractivity contribution in [2.24, 2.45) is 0 Å². The number of methoxy groups -OCH3 is 1. The van der Waals surface area contributed by atoms with Crippen LogP contribution in [0.4, 0.5) is 4.39 Å². The number of hydrogen-bond acceptors (Lipinski definition) is 8. The zero-order valence-electron chi connectivity index (χ0n) is 17.6. The van der Waals surface area contributed by atoms with E-state index in [0.717, 1.165) is 5.56 Å². The van der Waals surface area contributed by atoms with Crippen LogP contribution in [0.25, 0.3) is 0 Å². The van der Waals surface area contributed by atoms with Gasteiger partial charge in [0.15, 0.2) is 6.17 Å². The van der Waals surface area contributed by atoms with Crippen LogP contribution in [0, 0.1) is 6.92 Å². The summed E-state index contributed by atoms with van der Waals surface area (Å²) in [7, 11) is 1.54. The van der Waals surface area contributed by atoms with Crippen LogP contribution in [0.3, 0.4) is 0 Å². The number of amides is 1. The summed E-state index contributed by atoms with van der Waals surface area (Å²) >= 11 is 0. The molecule has 1 aliphatic heterocycles. The number of benzene rings is 2. The monoisotopic (exact) mass is 451 g/mol. The van der Waals surface area contributed by atoms with E-state index < -0.39 is 43.3 Å². The number of phenols is 1. The van der Waals surface area contributed by atoms with Crippen molar-refractivity contribution in [1.82, 2.24) is 5.32 Å². The molecule has 174 valence electrons. The first-order valence-electron chi connectivity index (χ1n) is 9.93. The number of aliphatic hydroxyl groups is 3. The van der Waals surface area contributed by atoms with Crippen LogP contribution in [-0.2, 0) is 11.3 Å². The molecule has 1 fully saturated rings. The topological polar surface area (TPSA) is 138 Å². The number of alkyl halides is 1. The van der Waals surface area contributed by atoms with Gasteiger partial charge in [-0.25, -0.2) is 4.39 Å². The molecule has 1 amide bonds. The molecule has 0 aliphatic carbocycles. The summed E-state index contributed by atoms with van der Waals surface area (Å²) in [5.74, 6) is -0.516. The molecule has 5 unspecified atom stereocenters. The number of rotatable bonds is 7. The summed E-state index contributed by atoms with van der Waals surface area (Å²) in [6.07, 6.45) is -8.68. The van der Waals surface area contributed by atoms with Gasteiger partial charge in [0.05, 0.1) is 13.7 Å². The number of carbonyl (C=O) groups is 1. The van der Waals surface area contributed by atoms with E-state index in [-0.39, 0.29) is 23.6 Å². The van der Waals surface area contributed by atoms with E-state index >= 15 is 0 Å². The molecule has 2 aromatic rings. The SMILES string of the molecule is COc1ccc(CNC(=O)c2c(O)cc(C)cc2OC2OC(CO)C(F)C(O)C2O)cc1. The van der Waals surface area contributed by atoms with E-state index in [1.807, 2.05) is 0 Å². The summed E-state index contributed by atoms with van der Waals surface area (Å²) in [6.45, 7) is 1.04. The fraction of sp³-hybridized carbons (Fsp3) is 0.409. The number of nitrogens with one attached hydrogen (secondary N) is 1. The lowest BCUT2D eigenvalue weighted by molar-refractivity contribution is -0.265. The fourth-order valence-corrected chi connectivity index (χ4v) is 3.33. The zero-order valence-corrected chi connectivity index (χ0v) is 17.6. The Morgan fingerprint density at radius 3 is 2.50 bits per heavy atom. The Hall–Kier alpha value is -2.92. The van der Waals surface area contributed by atoms with Crippen molar-refractivity contribution < 1.29 is 43.8 Å². The summed E-state index contributed by atoms with van der Waals surface area (Å²) in [4.78, 5) is 12.8. The van der Waals surface area contributed by atoms with Gasteiger partial charge < -0.3 is 40.0 Å². The first kappa shape index (κ1) is 23.7. The van der Waals surface area contributed by atoms with E-state index in [1.165, 1.54) is 12.1 Å². The van der Waals surface area contributed by atoms with Gasteiger partial charge in [0.25, 0.3) is 5.91 Å². The molecule has 3 rings (SSSR count). The van der Waals surface area contributed by atoms with Crippen molar-refractivity contribution in [3.05, 3.63) is 53.1 Å². The molecule has 0 aromatic heterocycles. The third-order valence-electron chi connectivity index (χ3n) is 5.11. The second kappa shape index (κ2) is 10.1. The average Bonchev–Trinajstić information content (AvgIpc) is 2.77. The number of aliphatic hydroxyl groups excluding tert-OH is 3. The van der Waals surface area contributed by atoms with Gasteiger partial charge in [-0.15, -0.1) is 0 Å². The second-order valence-electron chi connectivity index (χ2n) is 7.46. The largest absolute Gasteiger partial charge is 0.507 e. The molecule has 9 nitrogen and oxygen atoms in total. The molecule has 5 N–H and O–H groups in total. The lowest BCUT2D eigenvalue weighted by atomic mass is 10.0. The molecule has 0 radical (unpaired) electrons. The smallest absolute Gasteiger partial charge is 0.259 e. The maximum atomic E-state index is 14.0. The second-order valence-corrected chi connectivity index (χ2v) is 7.46. The van der Waals surface area contributed by atoms with Crippen molar-refractivity contribution in [3.8, 4) is 17.2 Å². The minimum atomic E-state index is -2.02. The van der Waals surface area contributed by atoms with Gasteiger partial charge in [0.1, 0.15) is 41.1 Å². The van der Waals surface area contributed by atoms with Crippen LogP contribution < -0.4 is 14.8 Å². The van der Waals surface area contributed by atoms with E-state index in [9.17, 15) is 29.6 Å². The van der Waals surface area contributed by atoms with E-state index in [1.54, 1.807) is 38.3 Å². The van der Waals surface area contributed by atoms with Gasteiger partial charge in [-0.1, -0.05) is 12.1 Å². The van der Waals surface area contributed by atoms with E-state index in [4.69, 9.17) is 14.2 Å². The molecule has 0 saturated carbocycles. The summed E-state index contributed by atoms with van der Waals surface area (Å²) in [6, 6.07) is 9.80. The van der Waals surface area contributed by atoms with Crippen LogP contribution in [0.1, 0.15) is 21.5 Å². The highest BCUT2D eigenvalue weighted by molar-refractivity contribution is 5.99. The number of aryl methyl sites for hydroxylation is 1. The third-order valence-corrected chi connectivity index (χ3v) is 5.11. The Bertz CT molecular complexity index is 936.